The van der Waals surface area contributed by atoms with Gasteiger partial charge in [-0.15, -0.1) is 0 Å². The molecule has 0 saturated carbocycles. The van der Waals surface area contributed by atoms with Gasteiger partial charge in [-0.25, -0.2) is 4.79 Å². The van der Waals surface area contributed by atoms with Crippen LogP contribution >= 0.6 is 0 Å². The normalized spacial score (nSPS) is 14.2. The van der Waals surface area contributed by atoms with Crippen LogP contribution in [-0.4, -0.2) is 37.8 Å². The van der Waals surface area contributed by atoms with Crippen molar-refractivity contribution in [2.45, 2.75) is 6.42 Å². The van der Waals surface area contributed by atoms with E-state index in [1.165, 1.54) is 7.11 Å². The largest absolute Gasteiger partial charge is 0.423 e. The molecule has 0 spiro atoms. The number of ether oxygens (including phenoxy) is 2. The molecule has 0 bridgehead atoms. The highest BCUT2D eigenvalue weighted by Crippen LogP contribution is 2.06. The molecule has 4 heteroatoms. The van der Waals surface area contributed by atoms with Crippen molar-refractivity contribution >= 4 is 6.09 Å². The average molecular weight is 169 g/mol. The predicted molar refractivity (Wildman–Crippen MR) is 42.3 cm³/mol. The number of carbonyl (C=O) groups excluding carboxylic acids is 1. The number of hydrogen-bond acceptors (Lipinski definition) is 3. The van der Waals surface area contributed by atoms with Crippen LogP contribution in [0.4, 0.5) is 4.79 Å². The first kappa shape index (κ1) is 8.88. The van der Waals surface area contributed by atoms with Crippen LogP contribution in [0.25, 0.3) is 0 Å². The minimum atomic E-state index is -0.357. The fraction of sp³-hybridized carbons (Fsp3) is 0.625. The molecule has 0 aromatic heterocycles. The number of nitrogens with zero attached hydrogens (tertiary/aromatic N) is 1. The van der Waals surface area contributed by atoms with Gasteiger partial charge in [-0.1, -0.05) is 0 Å². The summed E-state index contributed by atoms with van der Waals surface area (Å²) in [6.07, 6.45) is 2.97. The Morgan fingerprint density at radius 2 is 2.33 bits per heavy atom. The highest BCUT2D eigenvalue weighted by Gasteiger charge is 2.20. The van der Waals surface area contributed by atoms with Gasteiger partial charge in [0.25, 0.3) is 0 Å². The van der Waals surface area contributed by atoms with Crippen molar-refractivity contribution in [1.82, 2.24) is 4.90 Å². The van der Waals surface area contributed by atoms with E-state index in [1.54, 1.807) is 4.90 Å². The molecule has 0 aliphatic carbocycles. The fourth-order valence-electron chi connectivity index (χ4n) is 0.745. The van der Waals surface area contributed by atoms with E-state index in [0.29, 0.717) is 0 Å². The van der Waals surface area contributed by atoms with E-state index >= 15 is 0 Å². The third-order valence-corrected chi connectivity index (χ3v) is 1.54. The topological polar surface area (TPSA) is 38.8 Å². The molecule has 66 valence electrons. The smallest absolute Gasteiger partial charge is 0.372 e. The monoisotopic (exact) mass is 169 g/mol. The van der Waals surface area contributed by atoms with Crippen LogP contribution in [0, 0.1) is 12.0 Å². The average Bonchev–Trinajstić information content (AvgIpc) is 1.95. The van der Waals surface area contributed by atoms with E-state index in [1.807, 2.05) is 0 Å². The Morgan fingerprint density at radius 3 is 2.83 bits per heavy atom. The van der Waals surface area contributed by atoms with E-state index in [2.05, 4.69) is 21.5 Å². The molecule has 0 atom stereocenters. The standard InChI is InChI=1S/C8H11NO3/c1-11-6-3-7-12-8(10)9-4-2-5-9/h2,4-6H2,1H3. The predicted octanol–water partition coefficient (Wildman–Crippen LogP) is 0.436. The number of likely N-dealkylation sites (tertiary alicyclic amines) is 1. The Hall–Kier alpha value is -1.21. The number of amides is 1. The molecular formula is C8H11NO3. The third-order valence-electron chi connectivity index (χ3n) is 1.54. The van der Waals surface area contributed by atoms with Gasteiger partial charge in [0.2, 0.25) is 0 Å². The molecule has 4 nitrogen and oxygen atoms in total. The van der Waals surface area contributed by atoms with E-state index in [0.717, 1.165) is 19.5 Å². The molecule has 1 saturated heterocycles. The lowest BCUT2D eigenvalue weighted by Crippen LogP contribution is -2.41. The summed E-state index contributed by atoms with van der Waals surface area (Å²) in [6.45, 7) is 1.85. The first-order valence-corrected chi connectivity index (χ1v) is 3.77. The molecule has 1 rings (SSSR count). The maximum absolute atomic E-state index is 10.9. The highest BCUT2D eigenvalue weighted by molar-refractivity contribution is 5.69. The lowest BCUT2D eigenvalue weighted by molar-refractivity contribution is 0.116. The zero-order chi connectivity index (χ0) is 8.81. The van der Waals surface area contributed by atoms with Crippen molar-refractivity contribution in [2.75, 3.05) is 26.8 Å². The maximum Gasteiger partial charge on any atom is 0.423 e. The molecule has 0 aromatic rings. The van der Waals surface area contributed by atoms with Crippen LogP contribution in [0.5, 0.6) is 0 Å². The van der Waals surface area contributed by atoms with Gasteiger partial charge in [-0.3, -0.25) is 0 Å². The fourth-order valence-corrected chi connectivity index (χ4v) is 0.745. The van der Waals surface area contributed by atoms with Gasteiger partial charge in [0.05, 0.1) is 0 Å². The van der Waals surface area contributed by atoms with Crippen molar-refractivity contribution < 1.29 is 14.3 Å². The minimum absolute atomic E-state index is 0.285. The summed E-state index contributed by atoms with van der Waals surface area (Å²) in [4.78, 5) is 12.5. The Morgan fingerprint density at radius 1 is 1.58 bits per heavy atom. The number of rotatable bonds is 1. The van der Waals surface area contributed by atoms with Gasteiger partial charge in [-0.05, 0) is 12.3 Å². The van der Waals surface area contributed by atoms with Gasteiger partial charge in [0.1, 0.15) is 12.7 Å². The molecule has 1 aliphatic rings. The van der Waals surface area contributed by atoms with E-state index in [9.17, 15) is 4.79 Å². The summed E-state index contributed by atoms with van der Waals surface area (Å²) in [6, 6.07) is 0. The second-order valence-corrected chi connectivity index (χ2v) is 2.42. The van der Waals surface area contributed by atoms with E-state index in [4.69, 9.17) is 0 Å². The van der Waals surface area contributed by atoms with Gasteiger partial charge in [0.15, 0.2) is 0 Å². The van der Waals surface area contributed by atoms with Gasteiger partial charge in [-0.2, -0.15) is 0 Å². The summed E-state index contributed by atoms with van der Waals surface area (Å²) >= 11 is 0. The zero-order valence-electron chi connectivity index (χ0n) is 7.00. The van der Waals surface area contributed by atoms with Crippen molar-refractivity contribution in [2.24, 2.45) is 0 Å². The summed E-state index contributed by atoms with van der Waals surface area (Å²) < 4.78 is 9.24. The lowest BCUT2D eigenvalue weighted by Gasteiger charge is -2.28. The van der Waals surface area contributed by atoms with Crippen LogP contribution in [0.3, 0.4) is 0 Å². The summed E-state index contributed by atoms with van der Waals surface area (Å²) in [5.74, 6) is 2.53. The number of carbonyl (C=O) groups is 1. The first-order chi connectivity index (χ1) is 5.84. The Bertz CT molecular complexity index is 212. The Kier molecular flexibility index (Phi) is 3.42. The number of hydrogen-bond donors (Lipinski definition) is 0. The molecule has 0 radical (unpaired) electrons. The number of methoxy groups -OCH3 is 1. The van der Waals surface area contributed by atoms with Crippen LogP contribution in [0.15, 0.2) is 0 Å². The van der Waals surface area contributed by atoms with Crippen molar-refractivity contribution in [1.29, 1.82) is 0 Å². The molecule has 1 aliphatic heterocycles. The van der Waals surface area contributed by atoms with E-state index in [-0.39, 0.29) is 12.7 Å². The lowest BCUT2D eigenvalue weighted by atomic mass is 10.2. The van der Waals surface area contributed by atoms with Crippen molar-refractivity contribution in [3.05, 3.63) is 0 Å². The Labute approximate surface area is 71.4 Å². The minimum Gasteiger partial charge on any atom is -0.372 e. The van der Waals surface area contributed by atoms with Gasteiger partial charge >= 0.3 is 6.09 Å². The zero-order valence-corrected chi connectivity index (χ0v) is 7.00. The molecule has 1 heterocycles. The van der Waals surface area contributed by atoms with Gasteiger partial charge < -0.3 is 14.4 Å². The second-order valence-electron chi connectivity index (χ2n) is 2.42. The van der Waals surface area contributed by atoms with Crippen molar-refractivity contribution in [3.8, 4) is 12.0 Å². The highest BCUT2D eigenvalue weighted by atomic mass is 16.5. The van der Waals surface area contributed by atoms with Crippen LogP contribution < -0.4 is 0 Å². The first-order valence-electron chi connectivity index (χ1n) is 3.77. The molecular weight excluding hydrogens is 158 g/mol. The quantitative estimate of drug-likeness (QED) is 0.534. The summed E-state index contributed by atoms with van der Waals surface area (Å²) in [5.41, 5.74) is 0. The molecule has 1 fully saturated rings. The van der Waals surface area contributed by atoms with Crippen LogP contribution in [0.2, 0.25) is 0 Å². The summed E-state index contributed by atoms with van der Waals surface area (Å²) in [7, 11) is 1.53. The summed E-state index contributed by atoms with van der Waals surface area (Å²) in [5, 5.41) is 0. The maximum atomic E-state index is 10.9. The van der Waals surface area contributed by atoms with Crippen molar-refractivity contribution in [3.63, 3.8) is 0 Å². The van der Waals surface area contributed by atoms with E-state index < -0.39 is 0 Å². The molecule has 12 heavy (non-hydrogen) atoms. The molecule has 0 unspecified atom stereocenters. The molecule has 0 N–H and O–H groups in total. The molecule has 0 aromatic carbocycles. The van der Waals surface area contributed by atoms with Crippen LogP contribution in [-0.2, 0) is 9.47 Å². The third kappa shape index (κ3) is 2.44. The Balaban J connectivity index is 2.14. The second kappa shape index (κ2) is 4.62. The van der Waals surface area contributed by atoms with Gasteiger partial charge in [0, 0.05) is 20.2 Å². The van der Waals surface area contributed by atoms with Crippen LogP contribution in [0.1, 0.15) is 6.42 Å². The SMILES string of the molecule is COCC#COC(=O)N1CCC1. The molecule has 1 amide bonds.